The Balaban J connectivity index is 2.78. The van der Waals surface area contributed by atoms with Gasteiger partial charge in [0.15, 0.2) is 0 Å². The van der Waals surface area contributed by atoms with Crippen molar-refractivity contribution in [3.05, 3.63) is 42.0 Å². The molecule has 1 heteroatoms. The molecule has 0 fully saturated rings. The molecule has 0 nitrogen and oxygen atoms in total. The molecular weight excluding hydrogens is 328 g/mol. The van der Waals surface area contributed by atoms with E-state index in [0.717, 1.165) is 12.8 Å². The van der Waals surface area contributed by atoms with E-state index >= 15 is 0 Å². The molecule has 0 aliphatic heterocycles. The van der Waals surface area contributed by atoms with Crippen molar-refractivity contribution in [2.24, 2.45) is 0 Å². The second-order valence-corrected chi connectivity index (χ2v) is 12.4. The van der Waals surface area contributed by atoms with Crippen molar-refractivity contribution in [3.63, 3.8) is 0 Å². The molecule has 0 atom stereocenters. The van der Waals surface area contributed by atoms with E-state index in [1.165, 1.54) is 56.7 Å². The molecule has 0 heterocycles. The van der Waals surface area contributed by atoms with Gasteiger partial charge in [0.05, 0.1) is 8.07 Å². The Bertz CT molecular complexity index is 551. The van der Waals surface area contributed by atoms with Crippen LogP contribution in [0.3, 0.4) is 0 Å². The summed E-state index contributed by atoms with van der Waals surface area (Å²) in [4.78, 5) is 0. The molecule has 0 bridgehead atoms. The Morgan fingerprint density at radius 3 is 2.15 bits per heavy atom. The highest BCUT2D eigenvalue weighted by molar-refractivity contribution is 6.91. The molecule has 0 aliphatic rings. The van der Waals surface area contributed by atoms with Gasteiger partial charge in [0.1, 0.15) is 0 Å². The molecule has 26 heavy (non-hydrogen) atoms. The molecule has 1 rings (SSSR count). The highest BCUT2D eigenvalue weighted by Crippen LogP contribution is 2.29. The molecule has 144 valence electrons. The largest absolute Gasteiger partial charge is 0.107 e. The number of hydrogen-bond acceptors (Lipinski definition) is 0. The average molecular weight is 369 g/mol. The highest BCUT2D eigenvalue weighted by Gasteiger charge is 2.32. The van der Waals surface area contributed by atoms with Crippen molar-refractivity contribution in [1.82, 2.24) is 0 Å². The van der Waals surface area contributed by atoms with E-state index in [1.54, 1.807) is 10.8 Å². The normalized spacial score (nSPS) is 11.9. The van der Waals surface area contributed by atoms with Crippen molar-refractivity contribution in [2.75, 3.05) is 0 Å². The van der Waals surface area contributed by atoms with Gasteiger partial charge in [-0.1, -0.05) is 111 Å². The summed E-state index contributed by atoms with van der Waals surface area (Å²) in [6.45, 7) is 8.92. The van der Waals surface area contributed by atoms with Crippen LogP contribution in [0, 0.1) is 11.8 Å². The van der Waals surface area contributed by atoms with Crippen LogP contribution >= 0.6 is 0 Å². The number of benzene rings is 1. The first-order valence-corrected chi connectivity index (χ1v) is 13.4. The number of unbranched alkanes of at least 4 members (excludes halogenated alkanes) is 3. The third-order valence-corrected chi connectivity index (χ3v) is 11.1. The van der Waals surface area contributed by atoms with E-state index in [0.29, 0.717) is 0 Å². The van der Waals surface area contributed by atoms with Crippen LogP contribution in [0.2, 0.25) is 18.1 Å². The zero-order valence-corrected chi connectivity index (χ0v) is 18.7. The minimum Gasteiger partial charge on any atom is -0.107 e. The third kappa shape index (κ3) is 8.41. The van der Waals surface area contributed by atoms with Crippen LogP contribution in [0.4, 0.5) is 0 Å². The van der Waals surface area contributed by atoms with Gasteiger partial charge in [-0.2, -0.15) is 0 Å². The smallest absolute Gasteiger partial charge is 0.0867 e. The molecular formula is C25H40Si. The molecule has 1 aromatic rings. The zero-order chi connectivity index (χ0) is 19.1. The predicted molar refractivity (Wildman–Crippen MR) is 122 cm³/mol. The Labute approximate surface area is 164 Å². The Morgan fingerprint density at radius 2 is 1.58 bits per heavy atom. The van der Waals surface area contributed by atoms with E-state index in [4.69, 9.17) is 0 Å². The lowest BCUT2D eigenvalue weighted by Gasteiger charge is -2.33. The molecule has 0 N–H and O–H groups in total. The lowest BCUT2D eigenvalue weighted by molar-refractivity contribution is 0.804. The van der Waals surface area contributed by atoms with Crippen molar-refractivity contribution >= 4 is 13.3 Å². The van der Waals surface area contributed by atoms with E-state index in [9.17, 15) is 0 Å². The topological polar surface area (TPSA) is 0 Å². The summed E-state index contributed by atoms with van der Waals surface area (Å²) in [5, 5.41) is 1.71. The van der Waals surface area contributed by atoms with Crippen molar-refractivity contribution in [3.8, 4) is 11.8 Å². The van der Waals surface area contributed by atoms with Crippen LogP contribution in [0.25, 0.3) is 0 Å². The SMILES string of the molecule is CC#CCC/C=C(\C)CCC[Si](CCCC)(CCCC)c1ccccc1. The van der Waals surface area contributed by atoms with Gasteiger partial charge in [-0.05, 0) is 26.7 Å². The van der Waals surface area contributed by atoms with Crippen LogP contribution in [0.1, 0.15) is 79.1 Å². The molecule has 0 amide bonds. The second-order valence-electron chi connectivity index (χ2n) is 7.72. The predicted octanol–water partition coefficient (Wildman–Crippen LogP) is 7.47. The number of rotatable bonds is 13. The van der Waals surface area contributed by atoms with Gasteiger partial charge in [0, 0.05) is 6.42 Å². The zero-order valence-electron chi connectivity index (χ0n) is 17.7. The molecule has 0 unspecified atom stereocenters. The van der Waals surface area contributed by atoms with Crippen LogP contribution in [-0.2, 0) is 0 Å². The quantitative estimate of drug-likeness (QED) is 0.146. The molecule has 0 aromatic heterocycles. The van der Waals surface area contributed by atoms with Gasteiger partial charge in [-0.15, -0.1) is 11.8 Å². The monoisotopic (exact) mass is 368 g/mol. The van der Waals surface area contributed by atoms with Crippen LogP contribution in [0.5, 0.6) is 0 Å². The molecule has 0 saturated heterocycles. The third-order valence-electron chi connectivity index (χ3n) is 5.57. The van der Waals surface area contributed by atoms with Crippen molar-refractivity contribution < 1.29 is 0 Å². The minimum absolute atomic E-state index is 1.00. The lowest BCUT2D eigenvalue weighted by atomic mass is 10.1. The molecule has 0 spiro atoms. The summed E-state index contributed by atoms with van der Waals surface area (Å²) in [5.74, 6) is 6.15. The fourth-order valence-electron chi connectivity index (χ4n) is 3.95. The number of hydrogen-bond donors (Lipinski definition) is 0. The van der Waals surface area contributed by atoms with E-state index in [2.05, 4.69) is 69.0 Å². The summed E-state index contributed by atoms with van der Waals surface area (Å²) in [6, 6.07) is 16.0. The maximum absolute atomic E-state index is 3.16. The van der Waals surface area contributed by atoms with Crippen molar-refractivity contribution in [2.45, 2.75) is 97.2 Å². The summed E-state index contributed by atoms with van der Waals surface area (Å²) in [7, 11) is -1.37. The summed E-state index contributed by atoms with van der Waals surface area (Å²) in [5.41, 5.74) is 1.56. The fourth-order valence-corrected chi connectivity index (χ4v) is 9.38. The van der Waals surface area contributed by atoms with Crippen LogP contribution < -0.4 is 5.19 Å². The Morgan fingerprint density at radius 1 is 0.962 bits per heavy atom. The fraction of sp³-hybridized carbons (Fsp3) is 0.600. The molecule has 0 radical (unpaired) electrons. The van der Waals surface area contributed by atoms with Crippen molar-refractivity contribution in [1.29, 1.82) is 0 Å². The van der Waals surface area contributed by atoms with Gasteiger partial charge < -0.3 is 0 Å². The standard InChI is InChI=1S/C25H40Si/c1-5-8-11-13-17-24(4)18-16-23-26(21-9-6-2,22-10-7-3)25-19-14-12-15-20-25/h12,14-15,17,19-20H,6-7,9-11,13,16,18,21-23H2,1-4H3/b24-17+. The van der Waals surface area contributed by atoms with E-state index < -0.39 is 8.07 Å². The minimum atomic E-state index is -1.37. The summed E-state index contributed by atoms with van der Waals surface area (Å²) < 4.78 is 0. The maximum atomic E-state index is 3.16. The maximum Gasteiger partial charge on any atom is 0.0867 e. The first kappa shape index (κ1) is 22.8. The summed E-state index contributed by atoms with van der Waals surface area (Å²) >= 11 is 0. The van der Waals surface area contributed by atoms with Gasteiger partial charge in [-0.3, -0.25) is 0 Å². The van der Waals surface area contributed by atoms with Crippen LogP contribution in [-0.4, -0.2) is 8.07 Å². The average Bonchev–Trinajstić information content (AvgIpc) is 2.68. The Hall–Kier alpha value is -1.26. The van der Waals surface area contributed by atoms with E-state index in [-0.39, 0.29) is 0 Å². The van der Waals surface area contributed by atoms with Gasteiger partial charge in [0.25, 0.3) is 0 Å². The molecule has 1 aromatic carbocycles. The van der Waals surface area contributed by atoms with Gasteiger partial charge in [0.2, 0.25) is 0 Å². The van der Waals surface area contributed by atoms with Gasteiger partial charge in [-0.25, -0.2) is 0 Å². The van der Waals surface area contributed by atoms with Gasteiger partial charge >= 0.3 is 0 Å². The first-order valence-electron chi connectivity index (χ1n) is 10.8. The lowest BCUT2D eigenvalue weighted by Crippen LogP contribution is -2.47. The molecule has 0 saturated carbocycles. The highest BCUT2D eigenvalue weighted by atomic mass is 28.3. The first-order chi connectivity index (χ1) is 12.7. The van der Waals surface area contributed by atoms with E-state index in [1.807, 2.05) is 6.92 Å². The van der Waals surface area contributed by atoms with Crippen LogP contribution in [0.15, 0.2) is 42.0 Å². The summed E-state index contributed by atoms with van der Waals surface area (Å²) in [6.07, 6.45) is 12.6. The number of allylic oxidation sites excluding steroid dienone is 2. The molecule has 0 aliphatic carbocycles. The Kier molecular flexibility index (Phi) is 12.2. The second kappa shape index (κ2) is 13.9.